The van der Waals surface area contributed by atoms with Crippen molar-refractivity contribution in [2.75, 3.05) is 6.61 Å². The maximum Gasteiger partial charge on any atom is 0.343 e. The van der Waals surface area contributed by atoms with Crippen molar-refractivity contribution in [3.63, 3.8) is 0 Å². The zero-order valence-electron chi connectivity index (χ0n) is 20.8. The molecule has 4 atom stereocenters. The van der Waals surface area contributed by atoms with Crippen molar-refractivity contribution in [1.82, 2.24) is 0 Å². The molecule has 2 fully saturated rings. The van der Waals surface area contributed by atoms with Crippen LogP contribution in [-0.2, 0) is 0 Å². The Morgan fingerprint density at radius 2 is 1.83 bits per heavy atom. The van der Waals surface area contributed by atoms with Gasteiger partial charge in [0.25, 0.3) is 0 Å². The van der Waals surface area contributed by atoms with E-state index in [1.54, 1.807) is 6.08 Å². The molecule has 186 valence electrons. The molecule has 0 spiro atoms. The Hall–Kier alpha value is -2.88. The number of allylic oxidation sites excluding steroid dienone is 2. The van der Waals surface area contributed by atoms with Crippen molar-refractivity contribution >= 4 is 5.97 Å². The number of halogens is 1. The average molecular weight is 477 g/mol. The van der Waals surface area contributed by atoms with Gasteiger partial charge in [0.1, 0.15) is 12.4 Å². The van der Waals surface area contributed by atoms with Gasteiger partial charge in [-0.25, -0.2) is 9.18 Å². The lowest BCUT2D eigenvalue weighted by Crippen LogP contribution is -2.30. The lowest BCUT2D eigenvalue weighted by Gasteiger charge is -2.42. The molecule has 3 nitrogen and oxygen atoms in total. The van der Waals surface area contributed by atoms with Gasteiger partial charge >= 0.3 is 5.97 Å². The van der Waals surface area contributed by atoms with Crippen LogP contribution in [0.3, 0.4) is 0 Å². The molecule has 0 saturated heterocycles. The van der Waals surface area contributed by atoms with Crippen LogP contribution in [0.15, 0.2) is 67.3 Å². The fourth-order valence-corrected chi connectivity index (χ4v) is 5.92. The molecule has 0 amide bonds. The molecule has 2 aliphatic rings. The molecule has 0 N–H and O–H groups in total. The number of hydrogen-bond acceptors (Lipinski definition) is 3. The Balaban J connectivity index is 1.30. The van der Waals surface area contributed by atoms with E-state index < -0.39 is 11.8 Å². The number of carbonyl (C=O) groups excluding carboxylic acids is 1. The van der Waals surface area contributed by atoms with E-state index in [2.05, 4.69) is 37.8 Å². The van der Waals surface area contributed by atoms with Crippen LogP contribution in [0.1, 0.15) is 80.1 Å². The van der Waals surface area contributed by atoms with Gasteiger partial charge in [-0.1, -0.05) is 43.4 Å². The smallest absolute Gasteiger partial charge is 0.343 e. The van der Waals surface area contributed by atoms with Gasteiger partial charge in [-0.2, -0.15) is 0 Å². The predicted octanol–water partition coefficient (Wildman–Crippen LogP) is 8.27. The summed E-state index contributed by atoms with van der Waals surface area (Å²) in [7, 11) is 0. The van der Waals surface area contributed by atoms with Crippen LogP contribution in [0.5, 0.6) is 11.5 Å². The van der Waals surface area contributed by atoms with Crippen molar-refractivity contribution in [3.05, 3.63) is 84.2 Å². The van der Waals surface area contributed by atoms with Crippen LogP contribution in [0.4, 0.5) is 4.39 Å². The van der Waals surface area contributed by atoms with Crippen LogP contribution in [0.25, 0.3) is 0 Å². The molecule has 4 rings (SSSR count). The summed E-state index contributed by atoms with van der Waals surface area (Å²) in [6, 6.07) is 11.9. The molecule has 0 aliphatic heterocycles. The van der Waals surface area contributed by atoms with E-state index >= 15 is 0 Å². The quantitative estimate of drug-likeness (QED) is 0.208. The van der Waals surface area contributed by atoms with Crippen LogP contribution < -0.4 is 9.47 Å². The highest BCUT2D eigenvalue weighted by molar-refractivity contribution is 5.91. The standard InChI is InChI=1S/C31H37FO3/c1-3-5-6-7-22-8-9-27-20-26(15-14-25(27)19-22)23-10-12-24(13-11-23)31(33)35-28-16-17-30(29(32)21-28)34-18-4-2/h3-5,10-13,16-17,21-22,25-27H,2,6-9,14-15,18-20H2,1H3/b5-3+. The third kappa shape index (κ3) is 6.62. The van der Waals surface area contributed by atoms with Gasteiger partial charge in [0, 0.05) is 6.07 Å². The van der Waals surface area contributed by atoms with Gasteiger partial charge < -0.3 is 9.47 Å². The minimum atomic E-state index is -0.574. The largest absolute Gasteiger partial charge is 0.486 e. The van der Waals surface area contributed by atoms with E-state index in [1.165, 1.54) is 75.1 Å². The summed E-state index contributed by atoms with van der Waals surface area (Å²) in [5.41, 5.74) is 1.78. The Labute approximate surface area is 209 Å². The number of fused-ring (bicyclic) bond motifs is 1. The Morgan fingerprint density at radius 1 is 1.06 bits per heavy atom. The lowest BCUT2D eigenvalue weighted by molar-refractivity contribution is 0.0734. The van der Waals surface area contributed by atoms with E-state index in [1.807, 2.05) is 12.1 Å². The van der Waals surface area contributed by atoms with Crippen LogP contribution in [-0.4, -0.2) is 12.6 Å². The normalized spacial score (nSPS) is 24.1. The monoisotopic (exact) mass is 476 g/mol. The molecular formula is C31H37FO3. The summed E-state index contributed by atoms with van der Waals surface area (Å²) >= 11 is 0. The molecule has 2 saturated carbocycles. The highest BCUT2D eigenvalue weighted by Crippen LogP contribution is 2.48. The SMILES string of the molecule is C=CCOc1ccc(OC(=O)c2ccc(C3CCC4CC(CC/C=C/C)CCC4C3)cc2)cc1F. The Kier molecular flexibility index (Phi) is 8.79. The average Bonchev–Trinajstić information content (AvgIpc) is 2.88. The molecule has 0 bridgehead atoms. The summed E-state index contributed by atoms with van der Waals surface area (Å²) in [4.78, 5) is 12.6. The van der Waals surface area contributed by atoms with E-state index in [4.69, 9.17) is 9.47 Å². The summed E-state index contributed by atoms with van der Waals surface area (Å²) in [6.45, 7) is 5.86. The van der Waals surface area contributed by atoms with E-state index in [0.717, 1.165) is 17.8 Å². The third-order valence-electron chi connectivity index (χ3n) is 7.79. The number of hydrogen-bond donors (Lipinski definition) is 0. The number of ether oxygens (including phenoxy) is 2. The second kappa shape index (κ2) is 12.2. The van der Waals surface area contributed by atoms with Gasteiger partial charge in [-0.3, -0.25) is 0 Å². The predicted molar refractivity (Wildman–Crippen MR) is 138 cm³/mol. The minimum Gasteiger partial charge on any atom is -0.486 e. The zero-order chi connectivity index (χ0) is 24.6. The van der Waals surface area contributed by atoms with Gasteiger partial charge in [0.15, 0.2) is 11.6 Å². The van der Waals surface area contributed by atoms with Crippen molar-refractivity contribution in [2.24, 2.45) is 17.8 Å². The topological polar surface area (TPSA) is 35.5 Å². The van der Waals surface area contributed by atoms with Gasteiger partial charge in [-0.05, 0) is 105 Å². The molecule has 4 unspecified atom stereocenters. The Bertz CT molecular complexity index is 1030. The van der Waals surface area contributed by atoms with Crippen molar-refractivity contribution in [3.8, 4) is 11.5 Å². The third-order valence-corrected chi connectivity index (χ3v) is 7.79. The maximum atomic E-state index is 14.1. The highest BCUT2D eigenvalue weighted by Gasteiger charge is 2.35. The first-order chi connectivity index (χ1) is 17.1. The molecular weight excluding hydrogens is 439 g/mol. The van der Waals surface area contributed by atoms with Crippen LogP contribution in [0, 0.1) is 23.6 Å². The number of esters is 1. The summed E-state index contributed by atoms with van der Waals surface area (Å²) in [5, 5.41) is 0. The fourth-order valence-electron chi connectivity index (χ4n) is 5.92. The zero-order valence-corrected chi connectivity index (χ0v) is 20.8. The molecule has 4 heteroatoms. The van der Waals surface area contributed by atoms with E-state index in [9.17, 15) is 9.18 Å². The molecule has 2 aliphatic carbocycles. The van der Waals surface area contributed by atoms with Gasteiger partial charge in [0.05, 0.1) is 5.56 Å². The van der Waals surface area contributed by atoms with Crippen molar-refractivity contribution in [2.45, 2.75) is 64.2 Å². The summed E-state index contributed by atoms with van der Waals surface area (Å²) in [6.07, 6.45) is 16.5. The molecule has 35 heavy (non-hydrogen) atoms. The first-order valence-corrected chi connectivity index (χ1v) is 13.0. The van der Waals surface area contributed by atoms with Crippen molar-refractivity contribution in [1.29, 1.82) is 0 Å². The van der Waals surface area contributed by atoms with Crippen LogP contribution >= 0.6 is 0 Å². The molecule has 0 radical (unpaired) electrons. The highest BCUT2D eigenvalue weighted by atomic mass is 19.1. The molecule has 2 aromatic carbocycles. The maximum absolute atomic E-state index is 14.1. The molecule has 0 heterocycles. The van der Waals surface area contributed by atoms with Crippen LogP contribution in [0.2, 0.25) is 0 Å². The number of benzene rings is 2. The van der Waals surface area contributed by atoms with E-state index in [0.29, 0.717) is 11.5 Å². The first kappa shape index (κ1) is 25.2. The lowest BCUT2D eigenvalue weighted by atomic mass is 9.63. The van der Waals surface area contributed by atoms with Crippen molar-refractivity contribution < 1.29 is 18.7 Å². The second-order valence-electron chi connectivity index (χ2n) is 10.1. The second-order valence-corrected chi connectivity index (χ2v) is 10.1. The van der Waals surface area contributed by atoms with Gasteiger partial charge in [0.2, 0.25) is 0 Å². The molecule has 0 aromatic heterocycles. The minimum absolute atomic E-state index is 0.103. The molecule has 2 aromatic rings. The van der Waals surface area contributed by atoms with Gasteiger partial charge in [-0.15, -0.1) is 0 Å². The summed E-state index contributed by atoms with van der Waals surface area (Å²) in [5.74, 6) is 2.39. The van der Waals surface area contributed by atoms with E-state index in [-0.39, 0.29) is 18.1 Å². The first-order valence-electron chi connectivity index (χ1n) is 13.0. The fraction of sp³-hybridized carbons (Fsp3) is 0.452. The number of rotatable bonds is 9. The number of carbonyl (C=O) groups is 1. The Morgan fingerprint density at radius 3 is 2.57 bits per heavy atom. The summed E-state index contributed by atoms with van der Waals surface area (Å²) < 4.78 is 24.7.